The first-order valence-corrected chi connectivity index (χ1v) is 9.69. The lowest BCUT2D eigenvalue weighted by Crippen LogP contribution is -2.40. The van der Waals surface area contributed by atoms with Gasteiger partial charge in [0.05, 0.1) is 11.7 Å². The van der Waals surface area contributed by atoms with E-state index < -0.39 is 0 Å². The number of carbonyl (C=O) groups is 2. The monoisotopic (exact) mass is 372 g/mol. The smallest absolute Gasteiger partial charge is 0.259 e. The van der Waals surface area contributed by atoms with Gasteiger partial charge in [-0.3, -0.25) is 14.5 Å². The fourth-order valence-electron chi connectivity index (χ4n) is 3.92. The van der Waals surface area contributed by atoms with Gasteiger partial charge in [0.25, 0.3) is 5.91 Å². The van der Waals surface area contributed by atoms with Gasteiger partial charge < -0.3 is 5.32 Å². The summed E-state index contributed by atoms with van der Waals surface area (Å²) in [6, 6.07) is 17.7. The van der Waals surface area contributed by atoms with Crippen molar-refractivity contribution in [3.63, 3.8) is 0 Å². The first-order valence-electron chi connectivity index (χ1n) is 9.69. The van der Waals surface area contributed by atoms with Crippen molar-refractivity contribution < 1.29 is 9.59 Å². The summed E-state index contributed by atoms with van der Waals surface area (Å²) < 4.78 is 0. The fraction of sp³-hybridized carbons (Fsp3) is 0.250. The molecule has 0 aliphatic carbocycles. The number of carbonyl (C=O) groups excluding carboxylic acids is 2. The zero-order valence-corrected chi connectivity index (χ0v) is 16.5. The van der Waals surface area contributed by atoms with Crippen molar-refractivity contribution in [1.82, 2.24) is 5.32 Å². The van der Waals surface area contributed by atoms with Crippen molar-refractivity contribution in [2.75, 3.05) is 11.4 Å². The van der Waals surface area contributed by atoms with Crippen LogP contribution in [0, 0.1) is 13.8 Å². The van der Waals surface area contributed by atoms with E-state index in [2.05, 4.69) is 44.3 Å². The van der Waals surface area contributed by atoms with Crippen LogP contribution in [-0.2, 0) is 4.79 Å². The predicted molar refractivity (Wildman–Crippen MR) is 113 cm³/mol. The van der Waals surface area contributed by atoms with Gasteiger partial charge in [-0.05, 0) is 54.5 Å². The molecule has 3 aromatic rings. The Labute approximate surface area is 165 Å². The number of nitrogens with one attached hydrogen (secondary N) is 1. The zero-order chi connectivity index (χ0) is 19.8. The molecule has 0 bridgehead atoms. The van der Waals surface area contributed by atoms with Crippen LogP contribution in [0.15, 0.2) is 54.6 Å². The Morgan fingerprint density at radius 3 is 2.50 bits per heavy atom. The minimum atomic E-state index is -0.150. The molecule has 28 heavy (non-hydrogen) atoms. The molecule has 1 heterocycles. The molecule has 0 saturated heterocycles. The van der Waals surface area contributed by atoms with Gasteiger partial charge in [-0.25, -0.2) is 0 Å². The van der Waals surface area contributed by atoms with Gasteiger partial charge in [0.15, 0.2) is 0 Å². The summed E-state index contributed by atoms with van der Waals surface area (Å²) in [5, 5.41) is 5.06. The summed E-state index contributed by atoms with van der Waals surface area (Å²) in [6.45, 7) is 6.23. The van der Waals surface area contributed by atoms with Crippen molar-refractivity contribution in [3.8, 4) is 0 Å². The summed E-state index contributed by atoms with van der Waals surface area (Å²) in [5.41, 5.74) is 5.02. The van der Waals surface area contributed by atoms with Crippen LogP contribution in [0.1, 0.15) is 46.4 Å². The molecule has 4 heteroatoms. The van der Waals surface area contributed by atoms with Gasteiger partial charge >= 0.3 is 0 Å². The maximum atomic E-state index is 12.9. The third kappa shape index (κ3) is 3.05. The SMILES string of the molecule is CC[C@@H](NC(=O)CN1C(=O)c2cccc3cccc1c23)c1ccc(C)c(C)c1. The highest BCUT2D eigenvalue weighted by atomic mass is 16.2. The average Bonchev–Trinajstić information content (AvgIpc) is 2.96. The van der Waals surface area contributed by atoms with Gasteiger partial charge in [-0.1, -0.05) is 49.4 Å². The second kappa shape index (κ2) is 7.12. The molecule has 3 aromatic carbocycles. The molecule has 0 aromatic heterocycles. The van der Waals surface area contributed by atoms with Crippen LogP contribution in [0.3, 0.4) is 0 Å². The second-order valence-corrected chi connectivity index (χ2v) is 7.44. The molecular formula is C24H24N2O2. The Morgan fingerprint density at radius 1 is 1.04 bits per heavy atom. The topological polar surface area (TPSA) is 49.4 Å². The Morgan fingerprint density at radius 2 is 1.79 bits per heavy atom. The molecule has 2 amide bonds. The summed E-state index contributed by atoms with van der Waals surface area (Å²) in [6.07, 6.45) is 0.790. The first kappa shape index (κ1) is 18.2. The molecule has 0 radical (unpaired) electrons. The summed E-state index contributed by atoms with van der Waals surface area (Å²) >= 11 is 0. The Kier molecular flexibility index (Phi) is 4.63. The van der Waals surface area contributed by atoms with Crippen molar-refractivity contribution in [1.29, 1.82) is 0 Å². The van der Waals surface area contributed by atoms with E-state index in [0.29, 0.717) is 5.56 Å². The van der Waals surface area contributed by atoms with E-state index in [1.165, 1.54) is 11.1 Å². The molecule has 1 N–H and O–H groups in total. The van der Waals surface area contributed by atoms with E-state index in [0.717, 1.165) is 28.4 Å². The summed E-state index contributed by atoms with van der Waals surface area (Å²) in [5.74, 6) is -0.260. The van der Waals surface area contributed by atoms with Crippen LogP contribution in [0.5, 0.6) is 0 Å². The number of rotatable bonds is 5. The van der Waals surface area contributed by atoms with Gasteiger partial charge in [0.1, 0.15) is 6.54 Å². The standard InChI is InChI=1S/C24H24N2O2/c1-4-20(18-12-11-15(2)16(3)13-18)25-22(27)14-26-21-10-6-8-17-7-5-9-19(23(17)21)24(26)28/h5-13,20H,4,14H2,1-3H3,(H,25,27)/t20-/m1/s1. The zero-order valence-electron chi connectivity index (χ0n) is 16.5. The Bertz CT molecular complexity index is 1080. The Hall–Kier alpha value is -3.14. The maximum Gasteiger partial charge on any atom is 0.259 e. The van der Waals surface area contributed by atoms with Gasteiger partial charge in [-0.15, -0.1) is 0 Å². The maximum absolute atomic E-state index is 12.9. The second-order valence-electron chi connectivity index (χ2n) is 7.44. The Balaban J connectivity index is 1.55. The number of hydrogen-bond donors (Lipinski definition) is 1. The molecule has 1 atom stereocenters. The van der Waals surface area contributed by atoms with Crippen LogP contribution in [-0.4, -0.2) is 18.4 Å². The van der Waals surface area contributed by atoms with E-state index in [4.69, 9.17) is 0 Å². The molecule has 4 nitrogen and oxygen atoms in total. The van der Waals surface area contributed by atoms with E-state index >= 15 is 0 Å². The van der Waals surface area contributed by atoms with E-state index in [-0.39, 0.29) is 24.4 Å². The molecule has 0 saturated carbocycles. The molecule has 0 fully saturated rings. The third-order valence-corrected chi connectivity index (χ3v) is 5.63. The van der Waals surface area contributed by atoms with E-state index in [1.807, 2.05) is 36.4 Å². The average molecular weight is 372 g/mol. The molecular weight excluding hydrogens is 348 g/mol. The van der Waals surface area contributed by atoms with E-state index in [1.54, 1.807) is 4.90 Å². The number of aryl methyl sites for hydroxylation is 2. The normalized spacial score (nSPS) is 13.8. The van der Waals surface area contributed by atoms with Crippen molar-refractivity contribution in [2.45, 2.75) is 33.2 Å². The molecule has 1 aliphatic heterocycles. The van der Waals surface area contributed by atoms with Crippen LogP contribution in [0.2, 0.25) is 0 Å². The minimum absolute atomic E-state index is 0.0218. The number of hydrogen-bond acceptors (Lipinski definition) is 2. The molecule has 1 aliphatic rings. The van der Waals surface area contributed by atoms with E-state index in [9.17, 15) is 9.59 Å². The molecule has 0 spiro atoms. The molecule has 0 unspecified atom stereocenters. The molecule has 4 rings (SSSR count). The lowest BCUT2D eigenvalue weighted by atomic mass is 9.99. The summed E-state index contributed by atoms with van der Waals surface area (Å²) in [7, 11) is 0. The molecule has 142 valence electrons. The predicted octanol–water partition coefficient (Wildman–Crippen LogP) is 4.68. The highest BCUT2D eigenvalue weighted by molar-refractivity contribution is 6.26. The third-order valence-electron chi connectivity index (χ3n) is 5.63. The lowest BCUT2D eigenvalue weighted by molar-refractivity contribution is -0.120. The largest absolute Gasteiger partial charge is 0.348 e. The fourth-order valence-corrected chi connectivity index (χ4v) is 3.92. The summed E-state index contributed by atoms with van der Waals surface area (Å²) in [4.78, 5) is 27.3. The lowest BCUT2D eigenvalue weighted by Gasteiger charge is -2.22. The van der Waals surface area contributed by atoms with Gasteiger partial charge in [0, 0.05) is 10.9 Å². The first-order chi connectivity index (χ1) is 13.5. The highest BCUT2D eigenvalue weighted by Gasteiger charge is 2.31. The van der Waals surface area contributed by atoms with Gasteiger partial charge in [0.2, 0.25) is 5.91 Å². The van der Waals surface area contributed by atoms with Crippen LogP contribution >= 0.6 is 0 Å². The van der Waals surface area contributed by atoms with Crippen LogP contribution < -0.4 is 10.2 Å². The van der Waals surface area contributed by atoms with Crippen LogP contribution in [0.25, 0.3) is 10.8 Å². The number of nitrogens with zero attached hydrogens (tertiary/aromatic N) is 1. The number of amides is 2. The number of anilines is 1. The number of benzene rings is 3. The van der Waals surface area contributed by atoms with Gasteiger partial charge in [-0.2, -0.15) is 0 Å². The van der Waals surface area contributed by atoms with Crippen molar-refractivity contribution >= 4 is 28.3 Å². The van der Waals surface area contributed by atoms with Crippen molar-refractivity contribution in [3.05, 3.63) is 76.9 Å². The quantitative estimate of drug-likeness (QED) is 0.707. The van der Waals surface area contributed by atoms with Crippen LogP contribution in [0.4, 0.5) is 5.69 Å². The van der Waals surface area contributed by atoms with Crippen molar-refractivity contribution in [2.24, 2.45) is 0 Å². The minimum Gasteiger partial charge on any atom is -0.348 e. The highest BCUT2D eigenvalue weighted by Crippen LogP contribution is 2.36.